The number of fused-ring (bicyclic) bond motifs is 1. The first-order valence-electron chi connectivity index (χ1n) is 5.67. The van der Waals surface area contributed by atoms with Gasteiger partial charge in [0.25, 0.3) is 0 Å². The number of hydrogen-bond donors (Lipinski definition) is 1. The second-order valence-corrected chi connectivity index (χ2v) is 3.70. The largest absolute Gasteiger partial charge is 0.507 e. The molecule has 0 saturated carbocycles. The fourth-order valence-electron chi connectivity index (χ4n) is 1.98. The molecule has 4 heteroatoms. The number of phenols is 1. The molecule has 1 N–H and O–H groups in total. The van der Waals surface area contributed by atoms with Crippen molar-refractivity contribution in [3.63, 3.8) is 0 Å². The van der Waals surface area contributed by atoms with Gasteiger partial charge in [-0.1, -0.05) is 6.07 Å². The molecule has 1 aromatic heterocycles. The van der Waals surface area contributed by atoms with Crippen LogP contribution in [0.4, 0.5) is 0 Å². The van der Waals surface area contributed by atoms with Gasteiger partial charge >= 0.3 is 5.97 Å². The summed E-state index contributed by atoms with van der Waals surface area (Å²) in [4.78, 5) is 11.8. The van der Waals surface area contributed by atoms with E-state index in [1.54, 1.807) is 25.1 Å². The lowest BCUT2D eigenvalue weighted by Crippen LogP contribution is -2.11. The molecule has 17 heavy (non-hydrogen) atoms. The van der Waals surface area contributed by atoms with Gasteiger partial charge in [0.05, 0.1) is 12.1 Å². The lowest BCUT2D eigenvalue weighted by Gasteiger charge is -2.06. The molecular weight excluding hydrogens is 218 g/mol. The molecule has 1 aromatic carbocycles. The molecule has 0 aliphatic heterocycles. The molecule has 0 aliphatic carbocycles. The number of esters is 1. The Labute approximate surface area is 99.4 Å². The topological polar surface area (TPSA) is 51.5 Å². The molecule has 0 saturated heterocycles. The number of aromatic hydroxyl groups is 1. The molecule has 0 bridgehead atoms. The molecule has 0 fully saturated rings. The second kappa shape index (κ2) is 4.49. The highest BCUT2D eigenvalue weighted by Gasteiger charge is 2.16. The van der Waals surface area contributed by atoms with Crippen LogP contribution in [-0.2, 0) is 11.3 Å². The van der Waals surface area contributed by atoms with Crippen LogP contribution >= 0.6 is 0 Å². The van der Waals surface area contributed by atoms with Gasteiger partial charge in [0.15, 0.2) is 0 Å². The van der Waals surface area contributed by atoms with Crippen molar-refractivity contribution >= 4 is 16.9 Å². The molecule has 0 aliphatic rings. The first-order valence-corrected chi connectivity index (χ1v) is 5.67. The number of benzene rings is 1. The summed E-state index contributed by atoms with van der Waals surface area (Å²) in [5, 5.41) is 10.4. The minimum atomic E-state index is -0.357. The zero-order valence-corrected chi connectivity index (χ0v) is 9.93. The minimum absolute atomic E-state index is 0.181. The number of rotatable bonds is 3. The molecule has 0 atom stereocenters. The Balaban J connectivity index is 2.63. The monoisotopic (exact) mass is 233 g/mol. The number of ether oxygens (including phenoxy) is 1. The summed E-state index contributed by atoms with van der Waals surface area (Å²) in [6.07, 6.45) is 0. The minimum Gasteiger partial charge on any atom is -0.507 e. The van der Waals surface area contributed by atoms with E-state index in [9.17, 15) is 9.90 Å². The Morgan fingerprint density at radius 1 is 1.41 bits per heavy atom. The van der Waals surface area contributed by atoms with Crippen LogP contribution < -0.4 is 0 Å². The number of hydrogen-bond acceptors (Lipinski definition) is 3. The Morgan fingerprint density at radius 2 is 2.18 bits per heavy atom. The van der Waals surface area contributed by atoms with E-state index < -0.39 is 0 Å². The van der Waals surface area contributed by atoms with E-state index in [0.717, 1.165) is 5.52 Å². The maximum absolute atomic E-state index is 11.8. The van der Waals surface area contributed by atoms with Crippen LogP contribution in [0.15, 0.2) is 24.3 Å². The zero-order chi connectivity index (χ0) is 12.4. The second-order valence-electron chi connectivity index (χ2n) is 3.70. The van der Waals surface area contributed by atoms with Crippen molar-refractivity contribution in [2.75, 3.05) is 6.61 Å². The van der Waals surface area contributed by atoms with Crippen LogP contribution in [0.25, 0.3) is 10.9 Å². The number of carbonyl (C=O) groups excluding carboxylic acids is 1. The quantitative estimate of drug-likeness (QED) is 0.829. The highest BCUT2D eigenvalue weighted by atomic mass is 16.5. The van der Waals surface area contributed by atoms with Gasteiger partial charge in [-0.25, -0.2) is 4.79 Å². The molecular formula is C13H15NO3. The summed E-state index contributed by atoms with van der Waals surface area (Å²) in [7, 11) is 0. The molecule has 1 heterocycles. The molecule has 90 valence electrons. The van der Waals surface area contributed by atoms with Gasteiger partial charge in [-0.2, -0.15) is 0 Å². The van der Waals surface area contributed by atoms with Gasteiger partial charge in [0, 0.05) is 11.9 Å². The van der Waals surface area contributed by atoms with Crippen molar-refractivity contribution in [2.24, 2.45) is 0 Å². The number of nitrogens with zero attached hydrogens (tertiary/aromatic N) is 1. The van der Waals surface area contributed by atoms with Crippen LogP contribution in [0.1, 0.15) is 24.3 Å². The number of carbonyl (C=O) groups is 1. The molecule has 4 nitrogen and oxygen atoms in total. The van der Waals surface area contributed by atoms with Crippen molar-refractivity contribution in [2.45, 2.75) is 20.4 Å². The smallest absolute Gasteiger partial charge is 0.354 e. The van der Waals surface area contributed by atoms with Crippen molar-refractivity contribution in [1.82, 2.24) is 4.57 Å². The summed E-state index contributed by atoms with van der Waals surface area (Å²) in [5.41, 5.74) is 1.32. The molecule has 0 spiro atoms. The number of aryl methyl sites for hydroxylation is 1. The van der Waals surface area contributed by atoms with Crippen LogP contribution in [0.5, 0.6) is 5.75 Å². The van der Waals surface area contributed by atoms with Crippen LogP contribution in [0.2, 0.25) is 0 Å². The highest BCUT2D eigenvalue weighted by Crippen LogP contribution is 2.28. The fraction of sp³-hybridized carbons (Fsp3) is 0.308. The van der Waals surface area contributed by atoms with E-state index in [2.05, 4.69) is 0 Å². The Kier molecular flexibility index (Phi) is 3.04. The van der Waals surface area contributed by atoms with Crippen LogP contribution in [-0.4, -0.2) is 22.2 Å². The summed E-state index contributed by atoms with van der Waals surface area (Å²) in [6.45, 7) is 4.72. The SMILES string of the molecule is CCOC(=O)c1cc2c(O)cccc2n1CC. The predicted octanol–water partition coefficient (Wildman–Crippen LogP) is 2.54. The van der Waals surface area contributed by atoms with E-state index in [1.165, 1.54) is 0 Å². The Morgan fingerprint density at radius 3 is 2.82 bits per heavy atom. The number of aromatic nitrogens is 1. The average Bonchev–Trinajstić information content (AvgIpc) is 2.69. The van der Waals surface area contributed by atoms with Crippen LogP contribution in [0.3, 0.4) is 0 Å². The van der Waals surface area contributed by atoms with Crippen molar-refractivity contribution < 1.29 is 14.6 Å². The van der Waals surface area contributed by atoms with Gasteiger partial charge in [-0.3, -0.25) is 0 Å². The van der Waals surface area contributed by atoms with E-state index in [1.807, 2.05) is 17.6 Å². The van der Waals surface area contributed by atoms with Gasteiger partial charge in [-0.05, 0) is 32.0 Å². The lowest BCUT2D eigenvalue weighted by atomic mass is 10.2. The van der Waals surface area contributed by atoms with Gasteiger partial charge in [0.2, 0.25) is 0 Å². The summed E-state index contributed by atoms with van der Waals surface area (Å²) in [5.74, 6) is -0.176. The van der Waals surface area contributed by atoms with Gasteiger partial charge in [-0.15, -0.1) is 0 Å². The van der Waals surface area contributed by atoms with E-state index in [4.69, 9.17) is 4.74 Å². The zero-order valence-electron chi connectivity index (χ0n) is 9.93. The molecule has 0 unspecified atom stereocenters. The van der Waals surface area contributed by atoms with Gasteiger partial charge < -0.3 is 14.4 Å². The Hall–Kier alpha value is -1.97. The third-order valence-electron chi connectivity index (χ3n) is 2.72. The first kappa shape index (κ1) is 11.5. The predicted molar refractivity (Wildman–Crippen MR) is 65.2 cm³/mol. The third kappa shape index (κ3) is 1.86. The lowest BCUT2D eigenvalue weighted by molar-refractivity contribution is 0.0514. The third-order valence-corrected chi connectivity index (χ3v) is 2.72. The summed E-state index contributed by atoms with van der Waals surface area (Å²) in [6, 6.07) is 6.92. The van der Waals surface area contributed by atoms with Crippen LogP contribution in [0, 0.1) is 0 Å². The standard InChI is InChI=1S/C13H15NO3/c1-3-14-10-6-5-7-12(15)9(10)8-11(14)13(16)17-4-2/h5-8,15H,3-4H2,1-2H3. The first-order chi connectivity index (χ1) is 8.19. The molecule has 0 radical (unpaired) electrons. The normalized spacial score (nSPS) is 10.7. The van der Waals surface area contributed by atoms with E-state index >= 15 is 0 Å². The van der Waals surface area contributed by atoms with Crippen molar-refractivity contribution in [3.05, 3.63) is 30.0 Å². The summed E-state index contributed by atoms with van der Waals surface area (Å²) >= 11 is 0. The Bertz CT molecular complexity index is 557. The number of phenolic OH excluding ortho intramolecular Hbond substituents is 1. The van der Waals surface area contributed by atoms with Gasteiger partial charge in [0.1, 0.15) is 11.4 Å². The van der Waals surface area contributed by atoms with E-state index in [0.29, 0.717) is 24.2 Å². The maximum atomic E-state index is 11.8. The fourth-order valence-corrected chi connectivity index (χ4v) is 1.98. The highest BCUT2D eigenvalue weighted by molar-refractivity contribution is 5.97. The molecule has 2 aromatic rings. The average molecular weight is 233 g/mol. The van der Waals surface area contributed by atoms with Crippen molar-refractivity contribution in [3.8, 4) is 5.75 Å². The maximum Gasteiger partial charge on any atom is 0.354 e. The van der Waals surface area contributed by atoms with Crippen molar-refractivity contribution in [1.29, 1.82) is 0 Å². The molecule has 2 rings (SSSR count). The molecule has 0 amide bonds. The summed E-state index contributed by atoms with van der Waals surface area (Å²) < 4.78 is 6.84. The van der Waals surface area contributed by atoms with E-state index in [-0.39, 0.29) is 11.7 Å².